The van der Waals surface area contributed by atoms with E-state index in [9.17, 15) is 9.59 Å². The van der Waals surface area contributed by atoms with Gasteiger partial charge < -0.3 is 14.2 Å². The molecule has 0 aliphatic heterocycles. The van der Waals surface area contributed by atoms with Crippen molar-refractivity contribution in [1.29, 1.82) is 5.26 Å². The Morgan fingerprint density at radius 2 is 1.72 bits per heavy atom. The smallest absolute Gasteiger partial charge is 0.348 e. The number of anilines is 1. The standard InChI is InChI=1S/C31H24N4O3S/c1-38-31(37)29-16-15-28(39-29)24-11-13-26(14-12-24)35(30(36)25-5-3-2-4-6-25)20-27-18-33-21-34(27)19-23-9-7-22(17-32)8-10-23/h2-16,18,21H,19-20H2,1H3. The van der Waals surface area contributed by atoms with E-state index in [1.807, 2.05) is 65.2 Å². The van der Waals surface area contributed by atoms with Gasteiger partial charge in [-0.25, -0.2) is 9.78 Å². The molecule has 39 heavy (non-hydrogen) atoms. The van der Waals surface area contributed by atoms with Crippen LogP contribution in [0.1, 0.15) is 36.9 Å². The predicted molar refractivity (Wildman–Crippen MR) is 151 cm³/mol. The second-order valence-electron chi connectivity index (χ2n) is 8.78. The lowest BCUT2D eigenvalue weighted by Gasteiger charge is -2.24. The number of aromatic nitrogens is 2. The molecule has 2 heterocycles. The summed E-state index contributed by atoms with van der Waals surface area (Å²) in [7, 11) is 1.37. The molecule has 0 saturated heterocycles. The first kappa shape index (κ1) is 25.6. The molecule has 2 aromatic heterocycles. The molecule has 0 unspecified atom stereocenters. The molecule has 0 atom stereocenters. The zero-order valence-corrected chi connectivity index (χ0v) is 22.0. The highest BCUT2D eigenvalue weighted by Gasteiger charge is 2.20. The fourth-order valence-electron chi connectivity index (χ4n) is 4.19. The van der Waals surface area contributed by atoms with Gasteiger partial charge in [-0.15, -0.1) is 11.3 Å². The summed E-state index contributed by atoms with van der Waals surface area (Å²) >= 11 is 1.36. The first-order chi connectivity index (χ1) is 19.1. The maximum Gasteiger partial charge on any atom is 0.348 e. The van der Waals surface area contributed by atoms with Crippen LogP contribution in [-0.2, 0) is 17.8 Å². The maximum atomic E-state index is 13.7. The number of rotatable bonds is 8. The number of nitriles is 1. The number of thiophene rings is 1. The Balaban J connectivity index is 1.43. The number of nitrogens with zero attached hydrogens (tertiary/aromatic N) is 4. The minimum absolute atomic E-state index is 0.126. The van der Waals surface area contributed by atoms with Crippen LogP contribution in [0.3, 0.4) is 0 Å². The van der Waals surface area contributed by atoms with Gasteiger partial charge in [0, 0.05) is 28.9 Å². The Hall–Kier alpha value is -5.00. The third-order valence-corrected chi connectivity index (χ3v) is 7.39. The van der Waals surface area contributed by atoms with Gasteiger partial charge in [0.05, 0.1) is 37.3 Å². The van der Waals surface area contributed by atoms with Crippen LogP contribution >= 0.6 is 11.3 Å². The number of carbonyl (C=O) groups is 2. The summed E-state index contributed by atoms with van der Waals surface area (Å²) in [6.07, 6.45) is 3.51. The molecule has 0 fully saturated rings. The Morgan fingerprint density at radius 3 is 2.41 bits per heavy atom. The second-order valence-corrected chi connectivity index (χ2v) is 9.87. The lowest BCUT2D eigenvalue weighted by Crippen LogP contribution is -2.31. The summed E-state index contributed by atoms with van der Waals surface area (Å²) in [5.41, 5.74) is 4.77. The maximum absolute atomic E-state index is 13.7. The van der Waals surface area contributed by atoms with Gasteiger partial charge in [-0.2, -0.15) is 5.26 Å². The first-order valence-electron chi connectivity index (χ1n) is 12.2. The molecule has 0 saturated carbocycles. The quantitative estimate of drug-likeness (QED) is 0.223. The number of imidazole rings is 1. The molecule has 0 radical (unpaired) electrons. The molecule has 8 heteroatoms. The fraction of sp³-hybridized carbons (Fsp3) is 0.0968. The summed E-state index contributed by atoms with van der Waals surface area (Å²) in [5.74, 6) is -0.487. The number of ether oxygens (including phenoxy) is 1. The van der Waals surface area contributed by atoms with Crippen molar-refractivity contribution in [3.8, 4) is 16.5 Å². The van der Waals surface area contributed by atoms with E-state index in [-0.39, 0.29) is 11.9 Å². The molecule has 0 N–H and O–H groups in total. The summed E-state index contributed by atoms with van der Waals surface area (Å²) in [5, 5.41) is 9.08. The third kappa shape index (κ3) is 5.79. The van der Waals surface area contributed by atoms with Crippen molar-refractivity contribution < 1.29 is 14.3 Å². The summed E-state index contributed by atoms with van der Waals surface area (Å²) in [4.78, 5) is 33.1. The van der Waals surface area contributed by atoms with Crippen LogP contribution in [0, 0.1) is 11.3 Å². The summed E-state index contributed by atoms with van der Waals surface area (Å²) < 4.78 is 6.82. The average molecular weight is 533 g/mol. The molecule has 5 aromatic rings. The van der Waals surface area contributed by atoms with Gasteiger partial charge in [-0.1, -0.05) is 42.5 Å². The number of methoxy groups -OCH3 is 1. The van der Waals surface area contributed by atoms with Crippen LogP contribution < -0.4 is 4.90 Å². The second kappa shape index (κ2) is 11.6. The van der Waals surface area contributed by atoms with Crippen molar-refractivity contribution in [3.63, 3.8) is 0 Å². The van der Waals surface area contributed by atoms with Crippen molar-refractivity contribution in [3.05, 3.63) is 131 Å². The SMILES string of the molecule is COC(=O)c1ccc(-c2ccc(N(Cc3cncn3Cc3ccc(C#N)cc3)C(=O)c3ccccc3)cc2)s1. The highest BCUT2D eigenvalue weighted by atomic mass is 32.1. The highest BCUT2D eigenvalue weighted by molar-refractivity contribution is 7.17. The van der Waals surface area contributed by atoms with E-state index in [1.54, 1.807) is 47.8 Å². The van der Waals surface area contributed by atoms with E-state index in [4.69, 9.17) is 10.00 Å². The number of esters is 1. The minimum atomic E-state index is -0.361. The van der Waals surface area contributed by atoms with Crippen molar-refractivity contribution in [2.75, 3.05) is 12.0 Å². The van der Waals surface area contributed by atoms with E-state index >= 15 is 0 Å². The van der Waals surface area contributed by atoms with Crippen LogP contribution in [0.15, 0.2) is 104 Å². The molecule has 192 valence electrons. The van der Waals surface area contributed by atoms with E-state index in [2.05, 4.69) is 11.1 Å². The lowest BCUT2D eigenvalue weighted by atomic mass is 10.1. The predicted octanol–water partition coefficient (Wildman–Crippen LogP) is 6.17. The van der Waals surface area contributed by atoms with E-state index in [0.29, 0.717) is 29.1 Å². The van der Waals surface area contributed by atoms with Gasteiger partial charge in [0.1, 0.15) is 4.88 Å². The number of carbonyl (C=O) groups excluding carboxylic acids is 2. The third-order valence-electron chi connectivity index (χ3n) is 6.28. The Labute approximate surface area is 230 Å². The Morgan fingerprint density at radius 1 is 0.974 bits per heavy atom. The van der Waals surface area contributed by atoms with Crippen LogP contribution in [0.5, 0.6) is 0 Å². The topological polar surface area (TPSA) is 88.2 Å². The first-order valence-corrected chi connectivity index (χ1v) is 13.0. The summed E-state index contributed by atoms with van der Waals surface area (Å²) in [6, 6.07) is 30.1. The van der Waals surface area contributed by atoms with Crippen LogP contribution in [-0.4, -0.2) is 28.5 Å². The van der Waals surface area contributed by atoms with Crippen molar-refractivity contribution >= 4 is 28.9 Å². The molecule has 0 spiro atoms. The molecular formula is C31H24N4O3S. The Bertz CT molecular complexity index is 1630. The molecule has 7 nitrogen and oxygen atoms in total. The van der Waals surface area contributed by atoms with Gasteiger partial charge in [0.2, 0.25) is 0 Å². The van der Waals surface area contributed by atoms with Crippen LogP contribution in [0.2, 0.25) is 0 Å². The zero-order chi connectivity index (χ0) is 27.2. The largest absolute Gasteiger partial charge is 0.465 e. The number of benzene rings is 3. The minimum Gasteiger partial charge on any atom is -0.465 e. The van der Waals surface area contributed by atoms with Gasteiger partial charge in [0.15, 0.2) is 0 Å². The fourth-order valence-corrected chi connectivity index (χ4v) is 5.12. The van der Waals surface area contributed by atoms with Gasteiger partial charge in [-0.3, -0.25) is 4.79 Å². The molecule has 0 bridgehead atoms. The van der Waals surface area contributed by atoms with Crippen LogP contribution in [0.4, 0.5) is 5.69 Å². The van der Waals surface area contributed by atoms with Crippen molar-refractivity contribution in [2.24, 2.45) is 0 Å². The van der Waals surface area contributed by atoms with E-state index < -0.39 is 0 Å². The molecule has 1 amide bonds. The molecular weight excluding hydrogens is 508 g/mol. The van der Waals surface area contributed by atoms with Gasteiger partial charge in [0.25, 0.3) is 5.91 Å². The number of hydrogen-bond donors (Lipinski definition) is 0. The summed E-state index contributed by atoms with van der Waals surface area (Å²) in [6.45, 7) is 0.878. The normalized spacial score (nSPS) is 10.6. The van der Waals surface area contributed by atoms with Gasteiger partial charge >= 0.3 is 5.97 Å². The van der Waals surface area contributed by atoms with E-state index in [1.165, 1.54) is 18.4 Å². The van der Waals surface area contributed by atoms with Crippen LogP contribution in [0.25, 0.3) is 10.4 Å². The average Bonchev–Trinajstić information content (AvgIpc) is 3.66. The molecule has 5 rings (SSSR count). The van der Waals surface area contributed by atoms with Crippen molar-refractivity contribution in [1.82, 2.24) is 9.55 Å². The zero-order valence-electron chi connectivity index (χ0n) is 21.2. The van der Waals surface area contributed by atoms with E-state index in [0.717, 1.165) is 27.4 Å². The number of hydrogen-bond acceptors (Lipinski definition) is 6. The lowest BCUT2D eigenvalue weighted by molar-refractivity contribution is 0.0606. The monoisotopic (exact) mass is 532 g/mol. The molecule has 0 aliphatic carbocycles. The Kier molecular flexibility index (Phi) is 7.62. The molecule has 0 aliphatic rings. The van der Waals surface area contributed by atoms with Gasteiger partial charge in [-0.05, 0) is 59.7 Å². The van der Waals surface area contributed by atoms with Crippen molar-refractivity contribution in [2.45, 2.75) is 13.1 Å². The molecule has 3 aromatic carbocycles. The number of amides is 1. The highest BCUT2D eigenvalue weighted by Crippen LogP contribution is 2.31.